The van der Waals surface area contributed by atoms with Crippen LogP contribution < -0.4 is 0 Å². The lowest BCUT2D eigenvalue weighted by molar-refractivity contribution is 0.880. The molecule has 0 amide bonds. The molecular formula is C22H14N6. The number of aromatic nitrogens is 6. The Morgan fingerprint density at radius 2 is 1.46 bits per heavy atom. The number of H-pyrrole nitrogens is 1. The Labute approximate surface area is 159 Å². The highest BCUT2D eigenvalue weighted by Gasteiger charge is 2.15. The predicted octanol–water partition coefficient (Wildman–Crippen LogP) is 4.51. The molecule has 6 rings (SSSR count). The van der Waals surface area contributed by atoms with Gasteiger partial charge in [-0.3, -0.25) is 9.97 Å². The minimum absolute atomic E-state index is 0.823. The average molecular weight is 362 g/mol. The Morgan fingerprint density at radius 3 is 2.21 bits per heavy atom. The summed E-state index contributed by atoms with van der Waals surface area (Å²) in [5, 5.41) is 6.29. The molecule has 0 aliphatic heterocycles. The molecule has 132 valence electrons. The molecular weight excluding hydrogens is 348 g/mol. The van der Waals surface area contributed by atoms with Crippen LogP contribution in [0.15, 0.2) is 79.4 Å². The Morgan fingerprint density at radius 1 is 0.714 bits per heavy atom. The lowest BCUT2D eigenvalue weighted by atomic mass is 10.1. The van der Waals surface area contributed by atoms with Crippen molar-refractivity contribution < 1.29 is 0 Å². The number of fused-ring (bicyclic) bond motifs is 6. The molecule has 2 aromatic carbocycles. The Balaban J connectivity index is 1.59. The van der Waals surface area contributed by atoms with Gasteiger partial charge in [-0.2, -0.15) is 5.10 Å². The molecule has 0 aliphatic rings. The van der Waals surface area contributed by atoms with Gasteiger partial charge in [0.15, 0.2) is 0 Å². The summed E-state index contributed by atoms with van der Waals surface area (Å²) in [6.07, 6.45) is 7.29. The number of benzene rings is 2. The molecule has 0 radical (unpaired) electrons. The quantitative estimate of drug-likeness (QED) is 0.460. The second-order valence-electron chi connectivity index (χ2n) is 6.61. The van der Waals surface area contributed by atoms with Crippen LogP contribution in [-0.4, -0.2) is 29.7 Å². The van der Waals surface area contributed by atoms with Gasteiger partial charge in [-0.25, -0.2) is 9.67 Å². The molecule has 0 atom stereocenters. The number of nitrogens with zero attached hydrogens (tertiary/aromatic N) is 5. The summed E-state index contributed by atoms with van der Waals surface area (Å²) in [5.74, 6) is 0.823. The van der Waals surface area contributed by atoms with E-state index in [0.29, 0.717) is 0 Å². The van der Waals surface area contributed by atoms with Crippen LogP contribution in [0.4, 0.5) is 0 Å². The van der Waals surface area contributed by atoms with Crippen molar-refractivity contribution in [2.24, 2.45) is 0 Å². The highest BCUT2D eigenvalue weighted by Crippen LogP contribution is 2.33. The number of hydrogen-bond acceptors (Lipinski definition) is 4. The topological polar surface area (TPSA) is 72.3 Å². The normalized spacial score (nSPS) is 11.6. The van der Waals surface area contributed by atoms with Crippen molar-refractivity contribution in [3.63, 3.8) is 0 Å². The fourth-order valence-electron chi connectivity index (χ4n) is 3.67. The van der Waals surface area contributed by atoms with Crippen LogP contribution in [-0.2, 0) is 0 Å². The number of imidazole rings is 1. The molecule has 0 fully saturated rings. The van der Waals surface area contributed by atoms with E-state index in [1.807, 2.05) is 47.3 Å². The van der Waals surface area contributed by atoms with Crippen molar-refractivity contribution in [2.75, 3.05) is 0 Å². The van der Waals surface area contributed by atoms with Crippen LogP contribution >= 0.6 is 0 Å². The van der Waals surface area contributed by atoms with Gasteiger partial charge in [0.1, 0.15) is 5.82 Å². The summed E-state index contributed by atoms with van der Waals surface area (Å²) < 4.78 is 1.83. The smallest absolute Gasteiger partial charge is 0.138 e. The molecule has 0 bridgehead atoms. The molecule has 28 heavy (non-hydrogen) atoms. The minimum atomic E-state index is 0.823. The van der Waals surface area contributed by atoms with Crippen molar-refractivity contribution in [3.8, 4) is 17.1 Å². The molecule has 1 N–H and O–H groups in total. The van der Waals surface area contributed by atoms with Gasteiger partial charge < -0.3 is 4.98 Å². The zero-order valence-electron chi connectivity index (χ0n) is 14.7. The lowest BCUT2D eigenvalue weighted by Gasteiger charge is -2.03. The molecule has 4 aromatic heterocycles. The maximum Gasteiger partial charge on any atom is 0.138 e. The van der Waals surface area contributed by atoms with Gasteiger partial charge in [0.25, 0.3) is 0 Å². The predicted molar refractivity (Wildman–Crippen MR) is 109 cm³/mol. The van der Waals surface area contributed by atoms with Crippen molar-refractivity contribution in [1.29, 1.82) is 0 Å². The molecule has 0 aliphatic carbocycles. The summed E-state index contributed by atoms with van der Waals surface area (Å²) in [4.78, 5) is 17.5. The zero-order valence-corrected chi connectivity index (χ0v) is 14.7. The van der Waals surface area contributed by atoms with Crippen LogP contribution in [0.2, 0.25) is 0 Å². The van der Waals surface area contributed by atoms with Gasteiger partial charge in [0, 0.05) is 41.1 Å². The molecule has 0 spiro atoms. The van der Waals surface area contributed by atoms with Gasteiger partial charge in [-0.15, -0.1) is 0 Å². The van der Waals surface area contributed by atoms with E-state index in [0.717, 1.165) is 49.9 Å². The largest absolute Gasteiger partial charge is 0.337 e. The number of hydrogen-bond donors (Lipinski definition) is 1. The third-order valence-electron chi connectivity index (χ3n) is 4.98. The third-order valence-corrected chi connectivity index (χ3v) is 4.98. The first-order chi connectivity index (χ1) is 13.9. The van der Waals surface area contributed by atoms with Gasteiger partial charge in [-0.1, -0.05) is 0 Å². The van der Waals surface area contributed by atoms with Crippen molar-refractivity contribution in [1.82, 2.24) is 29.7 Å². The first-order valence-corrected chi connectivity index (χ1v) is 9.00. The molecule has 4 heterocycles. The maximum absolute atomic E-state index is 4.91. The van der Waals surface area contributed by atoms with Crippen molar-refractivity contribution in [2.45, 2.75) is 0 Å². The molecule has 6 aromatic rings. The Kier molecular flexibility index (Phi) is 3.07. The standard InChI is InChI=1S/C22H14N6/c1-4-16-18(23-10-1)19-17(5-2-11-24-19)21-20(16)26-22(27-21)14-6-8-15(9-7-14)28-13-3-12-25-28/h1-13H,(H,26,27). The molecule has 0 saturated carbocycles. The highest BCUT2D eigenvalue weighted by molar-refractivity contribution is 6.20. The zero-order chi connectivity index (χ0) is 18.5. The van der Waals surface area contributed by atoms with Crippen LogP contribution in [0.3, 0.4) is 0 Å². The van der Waals surface area contributed by atoms with Gasteiger partial charge in [0.2, 0.25) is 0 Å². The fraction of sp³-hybridized carbons (Fsp3) is 0. The van der Waals surface area contributed by atoms with Crippen LogP contribution in [0.25, 0.3) is 49.9 Å². The fourth-order valence-corrected chi connectivity index (χ4v) is 3.67. The SMILES string of the molecule is c1cnc2c(c1)c1nc(-c3ccc(-n4cccn4)cc3)[nH]c1c1cccnc12. The van der Waals surface area contributed by atoms with Crippen molar-refractivity contribution >= 4 is 32.8 Å². The maximum atomic E-state index is 4.91. The Hall–Kier alpha value is -4.06. The summed E-state index contributed by atoms with van der Waals surface area (Å²) in [6.45, 7) is 0. The molecule has 0 unspecified atom stereocenters. The summed E-state index contributed by atoms with van der Waals surface area (Å²) in [6, 6.07) is 18.1. The van der Waals surface area contributed by atoms with Gasteiger partial charge >= 0.3 is 0 Å². The average Bonchev–Trinajstić information content (AvgIpc) is 3.45. The number of pyridine rings is 2. The number of nitrogens with one attached hydrogen (secondary N) is 1. The van der Waals surface area contributed by atoms with Crippen LogP contribution in [0.5, 0.6) is 0 Å². The van der Waals surface area contributed by atoms with E-state index in [1.54, 1.807) is 18.6 Å². The second-order valence-corrected chi connectivity index (χ2v) is 6.61. The van der Waals surface area contributed by atoms with E-state index in [4.69, 9.17) is 4.98 Å². The molecule has 6 nitrogen and oxygen atoms in total. The van der Waals surface area contributed by atoms with E-state index in [2.05, 4.69) is 38.2 Å². The van der Waals surface area contributed by atoms with Gasteiger partial charge in [-0.05, 0) is 54.6 Å². The Bertz CT molecular complexity index is 1370. The minimum Gasteiger partial charge on any atom is -0.337 e. The molecule has 0 saturated heterocycles. The first-order valence-electron chi connectivity index (χ1n) is 9.00. The summed E-state index contributed by atoms with van der Waals surface area (Å²) in [7, 11) is 0. The highest BCUT2D eigenvalue weighted by atomic mass is 15.3. The van der Waals surface area contributed by atoms with E-state index in [-0.39, 0.29) is 0 Å². The van der Waals surface area contributed by atoms with Gasteiger partial charge in [0.05, 0.1) is 27.8 Å². The first kappa shape index (κ1) is 15.0. The summed E-state index contributed by atoms with van der Waals surface area (Å²) >= 11 is 0. The third kappa shape index (κ3) is 2.15. The van der Waals surface area contributed by atoms with E-state index in [9.17, 15) is 0 Å². The number of rotatable bonds is 2. The van der Waals surface area contributed by atoms with Crippen LogP contribution in [0.1, 0.15) is 0 Å². The van der Waals surface area contributed by atoms with Crippen molar-refractivity contribution in [3.05, 3.63) is 79.4 Å². The van der Waals surface area contributed by atoms with E-state index in [1.165, 1.54) is 0 Å². The lowest BCUT2D eigenvalue weighted by Crippen LogP contribution is -1.93. The number of aromatic amines is 1. The molecule has 6 heteroatoms. The van der Waals surface area contributed by atoms with E-state index >= 15 is 0 Å². The van der Waals surface area contributed by atoms with Crippen LogP contribution in [0, 0.1) is 0 Å². The van der Waals surface area contributed by atoms with E-state index < -0.39 is 0 Å². The summed E-state index contributed by atoms with van der Waals surface area (Å²) in [5.41, 5.74) is 5.67. The monoisotopic (exact) mass is 362 g/mol. The second kappa shape index (κ2) is 5.72.